The summed E-state index contributed by atoms with van der Waals surface area (Å²) < 4.78 is 0. The van der Waals surface area contributed by atoms with Gasteiger partial charge in [-0.25, -0.2) is 0 Å². The Hall–Kier alpha value is -0.0800. The zero-order valence-electron chi connectivity index (χ0n) is 15.5. The Morgan fingerprint density at radius 1 is 1.14 bits per heavy atom. The fourth-order valence-corrected chi connectivity index (χ4v) is 3.54. The van der Waals surface area contributed by atoms with E-state index in [2.05, 4.69) is 51.8 Å². The van der Waals surface area contributed by atoms with Crippen molar-refractivity contribution in [1.82, 2.24) is 10.2 Å². The second-order valence-electron chi connectivity index (χ2n) is 8.24. The molecule has 2 nitrogen and oxygen atoms in total. The van der Waals surface area contributed by atoms with Crippen LogP contribution in [0.2, 0.25) is 0 Å². The van der Waals surface area contributed by atoms with Crippen LogP contribution in [0.15, 0.2) is 0 Å². The number of nitrogens with zero attached hydrogens (tertiary/aromatic N) is 1. The van der Waals surface area contributed by atoms with Crippen molar-refractivity contribution in [1.29, 1.82) is 0 Å². The van der Waals surface area contributed by atoms with E-state index >= 15 is 0 Å². The predicted molar refractivity (Wildman–Crippen MR) is 94.8 cm³/mol. The van der Waals surface area contributed by atoms with E-state index in [-0.39, 0.29) is 0 Å². The maximum atomic E-state index is 3.79. The molecule has 1 N–H and O–H groups in total. The fraction of sp³-hybridized carbons (Fsp3) is 1.00. The average Bonchev–Trinajstić information content (AvgIpc) is 2.67. The number of likely N-dealkylation sites (tertiary alicyclic amines) is 1. The predicted octanol–water partition coefficient (Wildman–Crippen LogP) is 4.55. The Morgan fingerprint density at radius 3 is 2.43 bits per heavy atom. The van der Waals surface area contributed by atoms with Crippen molar-refractivity contribution in [3.05, 3.63) is 0 Å². The molecular weight excluding hydrogens is 256 g/mol. The number of nitrogens with one attached hydrogen (secondary N) is 1. The van der Waals surface area contributed by atoms with E-state index in [0.29, 0.717) is 11.5 Å². The molecule has 0 saturated carbocycles. The molecule has 0 radical (unpaired) electrons. The highest BCUT2D eigenvalue weighted by Crippen LogP contribution is 2.34. The molecule has 1 aliphatic rings. The average molecular weight is 297 g/mol. The van der Waals surface area contributed by atoms with E-state index < -0.39 is 0 Å². The van der Waals surface area contributed by atoms with Crippen LogP contribution < -0.4 is 5.32 Å². The Kier molecular flexibility index (Phi) is 8.26. The minimum absolute atomic E-state index is 0.479. The molecule has 0 aromatic heterocycles. The lowest BCUT2D eigenvalue weighted by molar-refractivity contribution is 0.192. The smallest absolute Gasteiger partial charge is 0.0220 e. The highest BCUT2D eigenvalue weighted by Gasteiger charge is 2.28. The molecule has 0 spiro atoms. The third-order valence-corrected chi connectivity index (χ3v) is 5.49. The van der Waals surface area contributed by atoms with Gasteiger partial charge in [-0.2, -0.15) is 0 Å². The van der Waals surface area contributed by atoms with Gasteiger partial charge in [0.1, 0.15) is 0 Å². The van der Waals surface area contributed by atoms with Gasteiger partial charge < -0.3 is 10.2 Å². The van der Waals surface area contributed by atoms with Crippen molar-refractivity contribution in [3.63, 3.8) is 0 Å². The summed E-state index contributed by atoms with van der Waals surface area (Å²) >= 11 is 0. The summed E-state index contributed by atoms with van der Waals surface area (Å²) in [5.41, 5.74) is 0.479. The van der Waals surface area contributed by atoms with Crippen LogP contribution in [0, 0.1) is 17.3 Å². The first-order chi connectivity index (χ1) is 9.88. The highest BCUT2D eigenvalue weighted by molar-refractivity contribution is 4.82. The van der Waals surface area contributed by atoms with Crippen LogP contribution in [0.4, 0.5) is 0 Å². The van der Waals surface area contributed by atoms with Crippen LogP contribution in [0.25, 0.3) is 0 Å². The monoisotopic (exact) mass is 296 g/mol. The van der Waals surface area contributed by atoms with Gasteiger partial charge in [0.2, 0.25) is 0 Å². The molecule has 3 unspecified atom stereocenters. The molecule has 0 aliphatic carbocycles. The standard InChI is InChI=1S/C19H40N2/c1-7-12-20-18(16(3)8-2)15-21-13-9-10-17(11-14-21)19(4,5)6/h16-18,20H,7-15H2,1-6H3. The molecular formula is C19H40N2. The van der Waals surface area contributed by atoms with Crippen molar-refractivity contribution in [2.75, 3.05) is 26.2 Å². The molecule has 1 saturated heterocycles. The van der Waals surface area contributed by atoms with Crippen LogP contribution in [0.1, 0.15) is 73.6 Å². The third kappa shape index (κ3) is 6.69. The minimum atomic E-state index is 0.479. The van der Waals surface area contributed by atoms with Gasteiger partial charge in [0.15, 0.2) is 0 Å². The number of hydrogen-bond acceptors (Lipinski definition) is 2. The third-order valence-electron chi connectivity index (χ3n) is 5.49. The van der Waals surface area contributed by atoms with Crippen molar-refractivity contribution in [2.45, 2.75) is 79.7 Å². The summed E-state index contributed by atoms with van der Waals surface area (Å²) in [6, 6.07) is 0.668. The molecule has 1 heterocycles. The first-order valence-electron chi connectivity index (χ1n) is 9.34. The summed E-state index contributed by atoms with van der Waals surface area (Å²) in [4.78, 5) is 2.73. The van der Waals surface area contributed by atoms with E-state index in [1.54, 1.807) is 0 Å². The molecule has 1 rings (SSSR count). The minimum Gasteiger partial charge on any atom is -0.312 e. The molecule has 0 aromatic carbocycles. The molecule has 0 bridgehead atoms. The lowest BCUT2D eigenvalue weighted by Gasteiger charge is -2.32. The molecule has 126 valence electrons. The van der Waals surface area contributed by atoms with Crippen LogP contribution in [-0.4, -0.2) is 37.1 Å². The Labute approximate surface area is 134 Å². The van der Waals surface area contributed by atoms with Crippen LogP contribution in [0.5, 0.6) is 0 Å². The molecule has 21 heavy (non-hydrogen) atoms. The molecule has 2 heteroatoms. The SMILES string of the molecule is CCCNC(CN1CCCC(C(C)(C)C)CC1)C(C)CC. The van der Waals surface area contributed by atoms with E-state index in [0.717, 1.165) is 18.4 Å². The van der Waals surface area contributed by atoms with Gasteiger partial charge in [0.25, 0.3) is 0 Å². The van der Waals surface area contributed by atoms with Crippen LogP contribution in [0.3, 0.4) is 0 Å². The zero-order valence-corrected chi connectivity index (χ0v) is 15.5. The van der Waals surface area contributed by atoms with E-state index in [4.69, 9.17) is 0 Å². The topological polar surface area (TPSA) is 15.3 Å². The van der Waals surface area contributed by atoms with Gasteiger partial charge in [-0.15, -0.1) is 0 Å². The van der Waals surface area contributed by atoms with Gasteiger partial charge >= 0.3 is 0 Å². The Morgan fingerprint density at radius 2 is 1.86 bits per heavy atom. The summed E-state index contributed by atoms with van der Waals surface area (Å²) in [5, 5.41) is 3.79. The van der Waals surface area contributed by atoms with Crippen molar-refractivity contribution >= 4 is 0 Å². The summed E-state index contributed by atoms with van der Waals surface area (Å²) in [6.45, 7) is 19.2. The maximum absolute atomic E-state index is 3.79. The highest BCUT2D eigenvalue weighted by atomic mass is 15.1. The molecule has 1 fully saturated rings. The fourth-order valence-electron chi connectivity index (χ4n) is 3.54. The lowest BCUT2D eigenvalue weighted by Crippen LogP contribution is -2.45. The second kappa shape index (κ2) is 9.15. The Balaban J connectivity index is 2.51. The van der Waals surface area contributed by atoms with Gasteiger partial charge in [-0.1, -0.05) is 48.0 Å². The number of hydrogen-bond donors (Lipinski definition) is 1. The van der Waals surface area contributed by atoms with E-state index in [9.17, 15) is 0 Å². The molecule has 1 aliphatic heterocycles. The summed E-state index contributed by atoms with van der Waals surface area (Å²) in [5.74, 6) is 1.67. The van der Waals surface area contributed by atoms with Crippen molar-refractivity contribution in [2.24, 2.45) is 17.3 Å². The van der Waals surface area contributed by atoms with Gasteiger partial charge in [-0.3, -0.25) is 0 Å². The van der Waals surface area contributed by atoms with Gasteiger partial charge in [0, 0.05) is 12.6 Å². The zero-order chi connectivity index (χ0) is 15.9. The Bertz CT molecular complexity index is 269. The number of rotatable bonds is 7. The van der Waals surface area contributed by atoms with Crippen LogP contribution >= 0.6 is 0 Å². The van der Waals surface area contributed by atoms with Crippen molar-refractivity contribution < 1.29 is 0 Å². The largest absolute Gasteiger partial charge is 0.312 e. The quantitative estimate of drug-likeness (QED) is 0.741. The van der Waals surface area contributed by atoms with E-state index in [1.807, 2.05) is 0 Å². The van der Waals surface area contributed by atoms with E-state index in [1.165, 1.54) is 51.7 Å². The van der Waals surface area contributed by atoms with Crippen LogP contribution in [-0.2, 0) is 0 Å². The van der Waals surface area contributed by atoms with Gasteiger partial charge in [0.05, 0.1) is 0 Å². The first-order valence-corrected chi connectivity index (χ1v) is 9.34. The van der Waals surface area contributed by atoms with Crippen molar-refractivity contribution in [3.8, 4) is 0 Å². The summed E-state index contributed by atoms with van der Waals surface area (Å²) in [7, 11) is 0. The first kappa shape index (κ1) is 19.0. The normalized spacial score (nSPS) is 24.6. The summed E-state index contributed by atoms with van der Waals surface area (Å²) in [6.07, 6.45) is 6.68. The maximum Gasteiger partial charge on any atom is 0.0220 e. The van der Waals surface area contributed by atoms with Gasteiger partial charge in [-0.05, 0) is 62.6 Å². The molecule has 0 amide bonds. The molecule has 0 aromatic rings. The lowest BCUT2D eigenvalue weighted by atomic mass is 9.77. The molecule has 3 atom stereocenters. The second-order valence-corrected chi connectivity index (χ2v) is 8.24.